The molecule has 3 nitrogen and oxygen atoms in total. The molecule has 3 rings (SSSR count). The molecular formula is C14H17BrN2O. The Morgan fingerprint density at radius 2 is 1.89 bits per heavy atom. The molecule has 1 heterocycles. The summed E-state index contributed by atoms with van der Waals surface area (Å²) in [5, 5.41) is 3.45. The highest BCUT2D eigenvalue weighted by atomic mass is 79.9. The van der Waals surface area contributed by atoms with Crippen LogP contribution in [0.1, 0.15) is 25.7 Å². The number of piperidine rings is 1. The molecule has 18 heavy (non-hydrogen) atoms. The second-order valence-corrected chi connectivity index (χ2v) is 6.02. The molecule has 4 heteroatoms. The third-order valence-corrected chi connectivity index (χ3v) is 4.12. The van der Waals surface area contributed by atoms with E-state index in [4.69, 9.17) is 0 Å². The van der Waals surface area contributed by atoms with Gasteiger partial charge in [0.05, 0.1) is 6.04 Å². The molecule has 1 unspecified atom stereocenters. The third-order valence-electron chi connectivity index (χ3n) is 3.59. The molecule has 1 atom stereocenters. The number of carbonyl (C=O) groups is 1. The maximum absolute atomic E-state index is 12.4. The molecule has 0 radical (unpaired) electrons. The zero-order chi connectivity index (χ0) is 12.5. The summed E-state index contributed by atoms with van der Waals surface area (Å²) in [6.45, 7) is 0.837. The van der Waals surface area contributed by atoms with E-state index in [0.717, 1.165) is 29.5 Å². The normalized spacial score (nSPS) is 24.4. The molecule has 1 aromatic carbocycles. The van der Waals surface area contributed by atoms with Crippen molar-refractivity contribution in [1.82, 2.24) is 5.32 Å². The smallest absolute Gasteiger partial charge is 0.244 e. The molecule has 1 aliphatic heterocycles. The Balaban J connectivity index is 1.74. The van der Waals surface area contributed by atoms with Gasteiger partial charge in [-0.15, -0.1) is 0 Å². The Morgan fingerprint density at radius 1 is 1.17 bits per heavy atom. The van der Waals surface area contributed by atoms with E-state index >= 15 is 0 Å². The number of rotatable bonds is 3. The quantitative estimate of drug-likeness (QED) is 0.931. The number of nitrogens with zero attached hydrogens (tertiary/aromatic N) is 1. The lowest BCUT2D eigenvalue weighted by Crippen LogP contribution is -2.51. The van der Waals surface area contributed by atoms with Gasteiger partial charge in [0.1, 0.15) is 0 Å². The third kappa shape index (κ3) is 2.59. The first-order valence-electron chi connectivity index (χ1n) is 6.57. The lowest BCUT2D eigenvalue weighted by molar-refractivity contribution is -0.121. The van der Waals surface area contributed by atoms with Crippen molar-refractivity contribution < 1.29 is 4.79 Å². The van der Waals surface area contributed by atoms with Crippen molar-refractivity contribution in [2.45, 2.75) is 37.8 Å². The maximum atomic E-state index is 12.4. The van der Waals surface area contributed by atoms with Gasteiger partial charge in [0, 0.05) is 22.7 Å². The molecule has 1 saturated carbocycles. The van der Waals surface area contributed by atoms with Gasteiger partial charge < -0.3 is 10.2 Å². The summed E-state index contributed by atoms with van der Waals surface area (Å²) in [6.07, 6.45) is 4.50. The minimum Gasteiger partial charge on any atom is -0.311 e. The van der Waals surface area contributed by atoms with Crippen molar-refractivity contribution in [3.63, 3.8) is 0 Å². The van der Waals surface area contributed by atoms with Gasteiger partial charge in [0.25, 0.3) is 0 Å². The minimum atomic E-state index is 0.0231. The number of nitrogens with one attached hydrogen (secondary N) is 1. The SMILES string of the molecule is O=C1C(NC2CC2)CCCN1c1ccc(Br)cc1. The molecule has 1 amide bonds. The number of carbonyl (C=O) groups excluding carboxylic acids is 1. The Morgan fingerprint density at radius 3 is 2.56 bits per heavy atom. The van der Waals surface area contributed by atoms with E-state index in [-0.39, 0.29) is 11.9 Å². The average Bonchev–Trinajstić information content (AvgIpc) is 3.17. The number of benzene rings is 1. The van der Waals surface area contributed by atoms with Crippen LogP contribution in [0.3, 0.4) is 0 Å². The van der Waals surface area contributed by atoms with Crippen LogP contribution in [0.25, 0.3) is 0 Å². The second kappa shape index (κ2) is 5.02. The van der Waals surface area contributed by atoms with Gasteiger partial charge in [-0.05, 0) is 49.9 Å². The number of halogens is 1. The van der Waals surface area contributed by atoms with Gasteiger partial charge in [-0.1, -0.05) is 15.9 Å². The van der Waals surface area contributed by atoms with Crippen LogP contribution >= 0.6 is 15.9 Å². The Labute approximate surface area is 116 Å². The Bertz CT molecular complexity index is 442. The summed E-state index contributed by atoms with van der Waals surface area (Å²) < 4.78 is 1.04. The van der Waals surface area contributed by atoms with E-state index in [0.29, 0.717) is 6.04 Å². The molecule has 2 aliphatic rings. The first kappa shape index (κ1) is 12.2. The van der Waals surface area contributed by atoms with Crippen molar-refractivity contribution in [2.24, 2.45) is 0 Å². The topological polar surface area (TPSA) is 32.3 Å². The summed E-state index contributed by atoms with van der Waals surface area (Å²) in [5.41, 5.74) is 1.01. The largest absolute Gasteiger partial charge is 0.311 e. The monoisotopic (exact) mass is 308 g/mol. The number of hydrogen-bond donors (Lipinski definition) is 1. The lowest BCUT2D eigenvalue weighted by atomic mass is 10.0. The van der Waals surface area contributed by atoms with Gasteiger partial charge in [-0.2, -0.15) is 0 Å². The average molecular weight is 309 g/mol. The molecule has 2 fully saturated rings. The van der Waals surface area contributed by atoms with Gasteiger partial charge in [-0.25, -0.2) is 0 Å². The fourth-order valence-electron chi connectivity index (χ4n) is 2.44. The summed E-state index contributed by atoms with van der Waals surface area (Å²) in [5.74, 6) is 0.232. The van der Waals surface area contributed by atoms with Gasteiger partial charge in [-0.3, -0.25) is 4.79 Å². The van der Waals surface area contributed by atoms with E-state index < -0.39 is 0 Å². The molecule has 0 spiro atoms. The van der Waals surface area contributed by atoms with Crippen LogP contribution in [0, 0.1) is 0 Å². The molecule has 1 aromatic rings. The van der Waals surface area contributed by atoms with Crippen LogP contribution in [0.5, 0.6) is 0 Å². The van der Waals surface area contributed by atoms with Crippen LogP contribution in [-0.4, -0.2) is 24.5 Å². The molecule has 0 aromatic heterocycles. The zero-order valence-electron chi connectivity index (χ0n) is 10.2. The predicted octanol–water partition coefficient (Wildman–Crippen LogP) is 2.70. The molecule has 0 bridgehead atoms. The maximum Gasteiger partial charge on any atom is 0.244 e. The van der Waals surface area contributed by atoms with Crippen LogP contribution in [-0.2, 0) is 4.79 Å². The molecule has 1 N–H and O–H groups in total. The van der Waals surface area contributed by atoms with E-state index in [1.165, 1.54) is 12.8 Å². The number of amides is 1. The number of anilines is 1. The molecule has 96 valence electrons. The zero-order valence-corrected chi connectivity index (χ0v) is 11.8. The van der Waals surface area contributed by atoms with Crippen molar-refractivity contribution in [2.75, 3.05) is 11.4 Å². The van der Waals surface area contributed by atoms with Gasteiger partial charge in [0.2, 0.25) is 5.91 Å². The standard InChI is InChI=1S/C14H17BrN2O/c15-10-3-7-12(8-4-10)17-9-1-2-13(14(17)18)16-11-5-6-11/h3-4,7-8,11,13,16H,1-2,5-6,9H2. The Kier molecular flexibility index (Phi) is 3.39. The highest BCUT2D eigenvalue weighted by Crippen LogP contribution is 2.26. The molecule has 1 aliphatic carbocycles. The highest BCUT2D eigenvalue weighted by Gasteiger charge is 2.33. The van der Waals surface area contributed by atoms with Crippen LogP contribution in [0.4, 0.5) is 5.69 Å². The summed E-state index contributed by atoms with van der Waals surface area (Å²) in [6, 6.07) is 8.59. The van der Waals surface area contributed by atoms with E-state index in [2.05, 4.69) is 21.2 Å². The predicted molar refractivity (Wildman–Crippen MR) is 75.7 cm³/mol. The highest BCUT2D eigenvalue weighted by molar-refractivity contribution is 9.10. The summed E-state index contributed by atoms with van der Waals surface area (Å²) in [4.78, 5) is 14.3. The van der Waals surface area contributed by atoms with Crippen molar-refractivity contribution >= 4 is 27.5 Å². The van der Waals surface area contributed by atoms with Crippen molar-refractivity contribution in [1.29, 1.82) is 0 Å². The lowest BCUT2D eigenvalue weighted by Gasteiger charge is -2.33. The van der Waals surface area contributed by atoms with E-state index in [9.17, 15) is 4.79 Å². The number of hydrogen-bond acceptors (Lipinski definition) is 2. The molecular weight excluding hydrogens is 292 g/mol. The first-order valence-corrected chi connectivity index (χ1v) is 7.36. The summed E-state index contributed by atoms with van der Waals surface area (Å²) in [7, 11) is 0. The van der Waals surface area contributed by atoms with Crippen LogP contribution in [0.2, 0.25) is 0 Å². The van der Waals surface area contributed by atoms with E-state index in [1.807, 2.05) is 29.2 Å². The molecule has 1 saturated heterocycles. The van der Waals surface area contributed by atoms with Crippen LogP contribution in [0.15, 0.2) is 28.7 Å². The van der Waals surface area contributed by atoms with Crippen LogP contribution < -0.4 is 10.2 Å². The fraction of sp³-hybridized carbons (Fsp3) is 0.500. The Hall–Kier alpha value is -0.870. The van der Waals surface area contributed by atoms with Gasteiger partial charge >= 0.3 is 0 Å². The summed E-state index contributed by atoms with van der Waals surface area (Å²) >= 11 is 3.42. The minimum absolute atomic E-state index is 0.0231. The van der Waals surface area contributed by atoms with Gasteiger partial charge in [0.15, 0.2) is 0 Å². The van der Waals surface area contributed by atoms with E-state index in [1.54, 1.807) is 0 Å². The fourth-order valence-corrected chi connectivity index (χ4v) is 2.71. The van der Waals surface area contributed by atoms with Crippen molar-refractivity contribution in [3.8, 4) is 0 Å². The van der Waals surface area contributed by atoms with Crippen molar-refractivity contribution in [3.05, 3.63) is 28.7 Å². The first-order chi connectivity index (χ1) is 8.74. The second-order valence-electron chi connectivity index (χ2n) is 5.10.